The molecule has 14 heavy (non-hydrogen) atoms. The van der Waals surface area contributed by atoms with Gasteiger partial charge in [0.25, 0.3) is 0 Å². The number of rotatable bonds is 4. The number of benzene rings is 1. The molecular formula is C11H15NO2. The maximum absolute atomic E-state index is 11.1. The van der Waals surface area contributed by atoms with Crippen LogP contribution in [0.15, 0.2) is 24.3 Å². The van der Waals surface area contributed by atoms with Crippen LogP contribution in [-0.4, -0.2) is 5.97 Å². The predicted octanol–water partition coefficient (Wildman–Crippen LogP) is 2.11. The molecule has 0 aromatic heterocycles. The maximum Gasteiger partial charge on any atom is 0.306 e. The number of hydrogen-bond acceptors (Lipinski definition) is 3. The van der Waals surface area contributed by atoms with Gasteiger partial charge in [-0.2, -0.15) is 0 Å². The number of esters is 1. The zero-order valence-corrected chi connectivity index (χ0v) is 8.32. The highest BCUT2D eigenvalue weighted by molar-refractivity contribution is 5.69. The van der Waals surface area contributed by atoms with E-state index in [1.807, 2.05) is 25.1 Å². The normalized spacial score (nSPS) is 9.79. The zero-order chi connectivity index (χ0) is 10.4. The molecule has 0 atom stereocenters. The van der Waals surface area contributed by atoms with Crippen LogP contribution in [0, 0.1) is 0 Å². The number of carbonyl (C=O) groups excluding carboxylic acids is 1. The summed E-state index contributed by atoms with van der Waals surface area (Å²) in [7, 11) is 0. The summed E-state index contributed by atoms with van der Waals surface area (Å²) in [5.74, 6) is -0.171. The van der Waals surface area contributed by atoms with Crippen molar-refractivity contribution in [1.82, 2.24) is 0 Å². The van der Waals surface area contributed by atoms with Crippen LogP contribution < -0.4 is 5.73 Å². The van der Waals surface area contributed by atoms with Crippen molar-refractivity contribution in [2.45, 2.75) is 26.4 Å². The Hall–Kier alpha value is -1.51. The van der Waals surface area contributed by atoms with Crippen LogP contribution in [0.25, 0.3) is 0 Å². The second-order valence-corrected chi connectivity index (χ2v) is 3.11. The van der Waals surface area contributed by atoms with E-state index in [2.05, 4.69) is 0 Å². The summed E-state index contributed by atoms with van der Waals surface area (Å²) < 4.78 is 5.03. The molecule has 3 heteroatoms. The van der Waals surface area contributed by atoms with Gasteiger partial charge in [0.1, 0.15) is 6.61 Å². The number of ether oxygens (including phenoxy) is 1. The molecule has 0 saturated heterocycles. The Bertz CT molecular complexity index is 310. The first-order chi connectivity index (χ1) is 6.74. The van der Waals surface area contributed by atoms with Gasteiger partial charge in [-0.1, -0.05) is 25.1 Å². The fraction of sp³-hybridized carbons (Fsp3) is 0.364. The molecule has 0 aliphatic carbocycles. The highest BCUT2D eigenvalue weighted by Crippen LogP contribution is 2.11. The summed E-state index contributed by atoms with van der Waals surface area (Å²) in [5.41, 5.74) is 7.21. The van der Waals surface area contributed by atoms with E-state index in [1.54, 1.807) is 6.07 Å². The minimum Gasteiger partial charge on any atom is -0.461 e. The molecule has 0 fully saturated rings. The zero-order valence-electron chi connectivity index (χ0n) is 8.32. The second-order valence-electron chi connectivity index (χ2n) is 3.11. The summed E-state index contributed by atoms with van der Waals surface area (Å²) in [5, 5.41) is 0. The number of nitrogens with two attached hydrogens (primary N) is 1. The van der Waals surface area contributed by atoms with Gasteiger partial charge in [0, 0.05) is 17.7 Å². The average Bonchev–Trinajstić information content (AvgIpc) is 2.17. The third-order valence-corrected chi connectivity index (χ3v) is 1.90. The number of carbonyl (C=O) groups is 1. The summed E-state index contributed by atoms with van der Waals surface area (Å²) >= 11 is 0. The quantitative estimate of drug-likeness (QED) is 0.588. The third-order valence-electron chi connectivity index (χ3n) is 1.90. The van der Waals surface area contributed by atoms with E-state index in [0.29, 0.717) is 12.1 Å². The molecule has 0 aliphatic rings. The molecular weight excluding hydrogens is 178 g/mol. The molecule has 3 nitrogen and oxygen atoms in total. The van der Waals surface area contributed by atoms with Crippen molar-refractivity contribution in [3.8, 4) is 0 Å². The first-order valence-electron chi connectivity index (χ1n) is 4.73. The Morgan fingerprint density at radius 3 is 2.79 bits per heavy atom. The topological polar surface area (TPSA) is 52.3 Å². The van der Waals surface area contributed by atoms with Crippen LogP contribution in [-0.2, 0) is 16.1 Å². The predicted molar refractivity (Wildman–Crippen MR) is 55.6 cm³/mol. The largest absolute Gasteiger partial charge is 0.461 e. The van der Waals surface area contributed by atoms with E-state index >= 15 is 0 Å². The Balaban J connectivity index is 2.46. The highest BCUT2D eigenvalue weighted by atomic mass is 16.5. The van der Waals surface area contributed by atoms with Crippen LogP contribution in [0.2, 0.25) is 0 Å². The van der Waals surface area contributed by atoms with Gasteiger partial charge in [0.05, 0.1) is 0 Å². The second kappa shape index (κ2) is 5.27. The summed E-state index contributed by atoms with van der Waals surface area (Å²) in [6.45, 7) is 2.21. The Kier molecular flexibility index (Phi) is 3.98. The molecule has 1 aromatic rings. The van der Waals surface area contributed by atoms with Crippen molar-refractivity contribution < 1.29 is 9.53 Å². The van der Waals surface area contributed by atoms with Crippen molar-refractivity contribution >= 4 is 11.7 Å². The van der Waals surface area contributed by atoms with Crippen LogP contribution in [0.1, 0.15) is 25.3 Å². The van der Waals surface area contributed by atoms with Gasteiger partial charge in [-0.3, -0.25) is 4.79 Å². The van der Waals surface area contributed by atoms with E-state index in [4.69, 9.17) is 10.5 Å². The molecule has 0 bridgehead atoms. The van der Waals surface area contributed by atoms with E-state index in [1.165, 1.54) is 0 Å². The lowest BCUT2D eigenvalue weighted by Crippen LogP contribution is -2.05. The minimum absolute atomic E-state index is 0.171. The van der Waals surface area contributed by atoms with E-state index in [0.717, 1.165) is 12.0 Å². The molecule has 0 spiro atoms. The van der Waals surface area contributed by atoms with Gasteiger partial charge >= 0.3 is 5.97 Å². The number of hydrogen-bond donors (Lipinski definition) is 1. The summed E-state index contributed by atoms with van der Waals surface area (Å²) in [6, 6.07) is 7.38. The maximum atomic E-state index is 11.1. The third kappa shape index (κ3) is 3.09. The lowest BCUT2D eigenvalue weighted by Gasteiger charge is -2.06. The fourth-order valence-electron chi connectivity index (χ4n) is 1.10. The monoisotopic (exact) mass is 193 g/mol. The lowest BCUT2D eigenvalue weighted by molar-refractivity contribution is -0.144. The first kappa shape index (κ1) is 10.6. The van der Waals surface area contributed by atoms with E-state index in [9.17, 15) is 4.79 Å². The van der Waals surface area contributed by atoms with Gasteiger partial charge < -0.3 is 10.5 Å². The van der Waals surface area contributed by atoms with Gasteiger partial charge in [-0.25, -0.2) is 0 Å². The summed E-state index contributed by atoms with van der Waals surface area (Å²) in [6.07, 6.45) is 1.27. The molecule has 0 unspecified atom stereocenters. The molecule has 0 radical (unpaired) electrons. The molecule has 0 amide bonds. The molecule has 76 valence electrons. The molecule has 2 N–H and O–H groups in total. The van der Waals surface area contributed by atoms with Crippen LogP contribution >= 0.6 is 0 Å². The number of nitrogen functional groups attached to an aromatic ring is 1. The lowest BCUT2D eigenvalue weighted by atomic mass is 10.2. The first-order valence-corrected chi connectivity index (χ1v) is 4.73. The Morgan fingerprint density at radius 1 is 1.43 bits per heavy atom. The SMILES string of the molecule is CCCC(=O)OCc1ccccc1N. The van der Waals surface area contributed by atoms with Crippen molar-refractivity contribution in [2.75, 3.05) is 5.73 Å². The van der Waals surface area contributed by atoms with Crippen molar-refractivity contribution in [2.24, 2.45) is 0 Å². The number of para-hydroxylation sites is 1. The minimum atomic E-state index is -0.171. The standard InChI is InChI=1S/C11H15NO2/c1-2-5-11(13)14-8-9-6-3-4-7-10(9)12/h3-4,6-7H,2,5,8,12H2,1H3. The molecule has 1 rings (SSSR count). The average molecular weight is 193 g/mol. The van der Waals surface area contributed by atoms with Gasteiger partial charge in [0.15, 0.2) is 0 Å². The van der Waals surface area contributed by atoms with Crippen molar-refractivity contribution in [3.05, 3.63) is 29.8 Å². The molecule has 0 aliphatic heterocycles. The van der Waals surface area contributed by atoms with Gasteiger partial charge in [0.2, 0.25) is 0 Å². The molecule has 0 heterocycles. The fourth-order valence-corrected chi connectivity index (χ4v) is 1.10. The number of anilines is 1. The Labute approximate surface area is 83.9 Å². The van der Waals surface area contributed by atoms with Crippen LogP contribution in [0.3, 0.4) is 0 Å². The highest BCUT2D eigenvalue weighted by Gasteiger charge is 2.03. The summed E-state index contributed by atoms with van der Waals surface area (Å²) in [4.78, 5) is 11.1. The molecule has 1 aromatic carbocycles. The Morgan fingerprint density at radius 2 is 2.14 bits per heavy atom. The smallest absolute Gasteiger partial charge is 0.306 e. The van der Waals surface area contributed by atoms with Crippen molar-refractivity contribution in [3.63, 3.8) is 0 Å². The van der Waals surface area contributed by atoms with Gasteiger partial charge in [-0.05, 0) is 12.5 Å². The molecule has 0 saturated carbocycles. The van der Waals surface area contributed by atoms with Crippen molar-refractivity contribution in [1.29, 1.82) is 0 Å². The van der Waals surface area contributed by atoms with Crippen LogP contribution in [0.4, 0.5) is 5.69 Å². The van der Waals surface area contributed by atoms with E-state index in [-0.39, 0.29) is 12.6 Å². The van der Waals surface area contributed by atoms with Gasteiger partial charge in [-0.15, -0.1) is 0 Å². The van der Waals surface area contributed by atoms with E-state index < -0.39 is 0 Å². The van der Waals surface area contributed by atoms with Crippen LogP contribution in [0.5, 0.6) is 0 Å².